The van der Waals surface area contributed by atoms with Crippen LogP contribution in [0.3, 0.4) is 0 Å². The SMILES string of the molecule is CN1CCC(N2CCc3cnc(Cl)c4cccc2c34)CC1.Cc1ccc(C(=O)OC(C)(C)C)c(C)c1. The molecule has 0 N–H and O–H groups in total. The van der Waals surface area contributed by atoms with Crippen molar-refractivity contribution in [3.8, 4) is 0 Å². The summed E-state index contributed by atoms with van der Waals surface area (Å²) in [7, 11) is 2.22. The zero-order valence-electron chi connectivity index (χ0n) is 22.4. The van der Waals surface area contributed by atoms with Gasteiger partial charge in [-0.1, -0.05) is 41.4 Å². The van der Waals surface area contributed by atoms with Crippen LogP contribution in [0.1, 0.15) is 60.7 Å². The second-order valence-corrected chi connectivity index (χ2v) is 11.4. The fourth-order valence-electron chi connectivity index (χ4n) is 5.17. The molecule has 0 atom stereocenters. The van der Waals surface area contributed by atoms with Crippen molar-refractivity contribution in [1.82, 2.24) is 9.88 Å². The molecule has 0 bridgehead atoms. The molecule has 1 saturated heterocycles. The van der Waals surface area contributed by atoms with Gasteiger partial charge in [0.05, 0.1) is 5.56 Å². The highest BCUT2D eigenvalue weighted by Gasteiger charge is 2.28. The third-order valence-electron chi connectivity index (χ3n) is 6.98. The van der Waals surface area contributed by atoms with Crippen molar-refractivity contribution in [2.75, 3.05) is 31.6 Å². The Morgan fingerprint density at radius 1 is 1.08 bits per heavy atom. The summed E-state index contributed by atoms with van der Waals surface area (Å²) in [5.74, 6) is -0.250. The predicted molar refractivity (Wildman–Crippen MR) is 149 cm³/mol. The number of piperidine rings is 1. The Bertz CT molecular complexity index is 1240. The van der Waals surface area contributed by atoms with Gasteiger partial charge in [0.2, 0.25) is 0 Å². The number of pyridine rings is 1. The number of hydrogen-bond donors (Lipinski definition) is 0. The smallest absolute Gasteiger partial charge is 0.338 e. The second-order valence-electron chi connectivity index (χ2n) is 11.1. The van der Waals surface area contributed by atoms with Gasteiger partial charge in [-0.25, -0.2) is 9.78 Å². The number of carbonyl (C=O) groups is 1. The van der Waals surface area contributed by atoms with Gasteiger partial charge in [-0.3, -0.25) is 0 Å². The molecule has 0 amide bonds. The molecular weight excluding hydrogens is 470 g/mol. The van der Waals surface area contributed by atoms with Crippen LogP contribution >= 0.6 is 11.6 Å². The molecule has 5 rings (SSSR count). The van der Waals surface area contributed by atoms with Crippen molar-refractivity contribution in [3.05, 3.63) is 70.0 Å². The van der Waals surface area contributed by atoms with E-state index in [1.54, 1.807) is 0 Å². The highest BCUT2D eigenvalue weighted by molar-refractivity contribution is 6.34. The molecule has 0 aliphatic carbocycles. The summed E-state index contributed by atoms with van der Waals surface area (Å²) in [5, 5.41) is 3.05. The van der Waals surface area contributed by atoms with Crippen LogP contribution in [0.25, 0.3) is 10.8 Å². The van der Waals surface area contributed by atoms with Gasteiger partial charge in [0.1, 0.15) is 10.8 Å². The Hall–Kier alpha value is -2.63. The van der Waals surface area contributed by atoms with Crippen LogP contribution in [0.15, 0.2) is 42.6 Å². The molecule has 0 spiro atoms. The lowest BCUT2D eigenvalue weighted by atomic mass is 9.94. The number of aryl methyl sites for hydroxylation is 2. The van der Waals surface area contributed by atoms with Crippen LogP contribution in [-0.2, 0) is 11.2 Å². The Labute approximate surface area is 220 Å². The van der Waals surface area contributed by atoms with E-state index in [4.69, 9.17) is 16.3 Å². The van der Waals surface area contributed by atoms with Crippen molar-refractivity contribution in [2.24, 2.45) is 0 Å². The Morgan fingerprint density at radius 2 is 1.81 bits per heavy atom. The first-order valence-electron chi connectivity index (χ1n) is 12.9. The first-order valence-corrected chi connectivity index (χ1v) is 13.2. The maximum Gasteiger partial charge on any atom is 0.338 e. The minimum atomic E-state index is -0.436. The van der Waals surface area contributed by atoms with Crippen LogP contribution in [0.4, 0.5) is 5.69 Å². The fourth-order valence-corrected chi connectivity index (χ4v) is 5.38. The van der Waals surface area contributed by atoms with E-state index in [0.29, 0.717) is 16.8 Å². The summed E-state index contributed by atoms with van der Waals surface area (Å²) in [6.45, 7) is 13.0. The Balaban J connectivity index is 0.000000181. The Kier molecular flexibility index (Phi) is 7.91. The summed E-state index contributed by atoms with van der Waals surface area (Å²) < 4.78 is 5.31. The predicted octanol–water partition coefficient (Wildman–Crippen LogP) is 6.60. The van der Waals surface area contributed by atoms with Gasteiger partial charge in [-0.15, -0.1) is 0 Å². The molecule has 0 saturated carbocycles. The number of nitrogens with zero attached hydrogens (tertiary/aromatic N) is 3. The minimum Gasteiger partial charge on any atom is -0.456 e. The minimum absolute atomic E-state index is 0.250. The molecule has 36 heavy (non-hydrogen) atoms. The van der Waals surface area contributed by atoms with E-state index in [-0.39, 0.29) is 5.97 Å². The van der Waals surface area contributed by atoms with Gasteiger partial charge < -0.3 is 14.5 Å². The third kappa shape index (κ3) is 6.01. The highest BCUT2D eigenvalue weighted by Crippen LogP contribution is 2.38. The monoisotopic (exact) mass is 507 g/mol. The van der Waals surface area contributed by atoms with Crippen LogP contribution < -0.4 is 4.90 Å². The fraction of sp³-hybridized carbons (Fsp3) is 0.467. The number of rotatable bonds is 2. The Morgan fingerprint density at radius 3 is 2.47 bits per heavy atom. The number of likely N-dealkylation sites (tertiary alicyclic amines) is 1. The molecule has 2 aromatic carbocycles. The number of aromatic nitrogens is 1. The lowest BCUT2D eigenvalue weighted by molar-refractivity contribution is 0.00687. The largest absolute Gasteiger partial charge is 0.456 e. The van der Waals surface area contributed by atoms with E-state index in [2.05, 4.69) is 40.0 Å². The third-order valence-corrected chi connectivity index (χ3v) is 7.28. The number of halogens is 1. The average molecular weight is 508 g/mol. The van der Waals surface area contributed by atoms with E-state index in [1.807, 2.05) is 59.0 Å². The van der Waals surface area contributed by atoms with E-state index in [0.717, 1.165) is 29.5 Å². The van der Waals surface area contributed by atoms with Crippen molar-refractivity contribution in [2.45, 2.75) is 65.5 Å². The summed E-state index contributed by atoms with van der Waals surface area (Å²) in [6.07, 6.45) is 5.53. The highest BCUT2D eigenvalue weighted by atomic mass is 35.5. The summed E-state index contributed by atoms with van der Waals surface area (Å²) in [6, 6.07) is 12.8. The van der Waals surface area contributed by atoms with Crippen molar-refractivity contribution in [1.29, 1.82) is 0 Å². The standard InChI is InChI=1S/C17H20ClN3.C13H18O2/c1-20-8-6-13(7-9-20)21-10-5-12-11-19-17(18)14-3-2-4-15(21)16(12)14;1-9-6-7-11(10(2)8-9)12(14)15-13(3,4)5/h2-4,11,13H,5-10H2,1H3;6-8H,1-5H3. The number of hydrogen-bond acceptors (Lipinski definition) is 5. The molecule has 3 heterocycles. The summed E-state index contributed by atoms with van der Waals surface area (Å²) >= 11 is 6.30. The van der Waals surface area contributed by atoms with E-state index in [1.165, 1.54) is 42.6 Å². The second kappa shape index (κ2) is 10.8. The number of anilines is 1. The van der Waals surface area contributed by atoms with Crippen molar-refractivity contribution in [3.63, 3.8) is 0 Å². The number of ether oxygens (including phenoxy) is 1. The molecule has 1 fully saturated rings. The first-order chi connectivity index (χ1) is 17.0. The van der Waals surface area contributed by atoms with Crippen LogP contribution in [0, 0.1) is 13.8 Å². The molecular formula is C30H38ClN3O2. The lowest BCUT2D eigenvalue weighted by Crippen LogP contribution is -2.45. The molecule has 0 unspecified atom stereocenters. The molecule has 1 aromatic heterocycles. The maximum atomic E-state index is 11.8. The number of carbonyl (C=O) groups excluding carboxylic acids is 1. The zero-order chi connectivity index (χ0) is 26.0. The number of benzene rings is 2. The van der Waals surface area contributed by atoms with Gasteiger partial charge in [0.25, 0.3) is 0 Å². The van der Waals surface area contributed by atoms with Gasteiger partial charge in [-0.2, -0.15) is 0 Å². The molecule has 192 valence electrons. The van der Waals surface area contributed by atoms with Gasteiger partial charge in [-0.05, 0) is 97.3 Å². The molecule has 5 nitrogen and oxygen atoms in total. The lowest BCUT2D eigenvalue weighted by Gasteiger charge is -2.41. The molecule has 0 radical (unpaired) electrons. The van der Waals surface area contributed by atoms with E-state index < -0.39 is 5.60 Å². The quantitative estimate of drug-likeness (QED) is 0.288. The van der Waals surface area contributed by atoms with Gasteiger partial charge >= 0.3 is 5.97 Å². The van der Waals surface area contributed by atoms with Crippen molar-refractivity contribution < 1.29 is 9.53 Å². The topological polar surface area (TPSA) is 45.7 Å². The summed E-state index contributed by atoms with van der Waals surface area (Å²) in [4.78, 5) is 21.1. The number of esters is 1. The normalized spacial score (nSPS) is 16.5. The van der Waals surface area contributed by atoms with E-state index in [9.17, 15) is 4.79 Å². The van der Waals surface area contributed by atoms with Crippen LogP contribution in [0.5, 0.6) is 0 Å². The summed E-state index contributed by atoms with van der Waals surface area (Å²) in [5.41, 5.74) is 5.02. The van der Waals surface area contributed by atoms with Crippen LogP contribution in [0.2, 0.25) is 5.15 Å². The average Bonchev–Trinajstić information content (AvgIpc) is 2.81. The first kappa shape index (κ1) is 26.4. The zero-order valence-corrected chi connectivity index (χ0v) is 23.2. The van der Waals surface area contributed by atoms with Crippen LogP contribution in [-0.4, -0.2) is 54.2 Å². The van der Waals surface area contributed by atoms with Crippen molar-refractivity contribution >= 4 is 34.0 Å². The van der Waals surface area contributed by atoms with E-state index >= 15 is 0 Å². The molecule has 2 aliphatic rings. The molecule has 3 aromatic rings. The maximum absolute atomic E-state index is 11.8. The molecule has 2 aliphatic heterocycles. The molecule has 6 heteroatoms. The van der Waals surface area contributed by atoms with Gasteiger partial charge in [0, 0.05) is 35.2 Å². The van der Waals surface area contributed by atoms with Gasteiger partial charge in [0.15, 0.2) is 0 Å².